The van der Waals surface area contributed by atoms with Crippen LogP contribution in [0.2, 0.25) is 0 Å². The number of oxazole rings is 1. The summed E-state index contributed by atoms with van der Waals surface area (Å²) in [5, 5.41) is 0. The molecule has 0 radical (unpaired) electrons. The Bertz CT molecular complexity index is 1150. The predicted molar refractivity (Wildman–Crippen MR) is 121 cm³/mol. The summed E-state index contributed by atoms with van der Waals surface area (Å²) in [6.07, 6.45) is 6.12. The standard InChI is InChI=1S/C22H25FN2O2.CH4O3S/c1-25(11-10-15-6-8-21-19(12-15)24-14-27-21)13-16-4-3-5-17-20(26-2)9-7-18(23)22(16)17;1-5(2,3)4/h6-9,12,14,16H,3-5,10-11,13H2,1-2H3;1H3,(H,2,3,4)/t16-;/m0./s1. The van der Waals surface area contributed by atoms with Gasteiger partial charge in [0.05, 0.1) is 13.4 Å². The van der Waals surface area contributed by atoms with E-state index in [1.54, 1.807) is 19.2 Å². The smallest absolute Gasteiger partial charge is 0.261 e. The molecule has 1 aliphatic carbocycles. The second-order valence-corrected chi connectivity index (χ2v) is 9.60. The van der Waals surface area contributed by atoms with Crippen LogP contribution in [-0.2, 0) is 23.0 Å². The molecular weight excluding hydrogens is 435 g/mol. The van der Waals surface area contributed by atoms with Gasteiger partial charge >= 0.3 is 0 Å². The molecule has 0 fully saturated rings. The number of hydrogen-bond donors (Lipinski definition) is 1. The molecule has 174 valence electrons. The molecule has 1 aromatic heterocycles. The third-order valence-electron chi connectivity index (χ3n) is 5.58. The van der Waals surface area contributed by atoms with Crippen LogP contribution >= 0.6 is 0 Å². The van der Waals surface area contributed by atoms with Crippen molar-refractivity contribution in [1.82, 2.24) is 9.88 Å². The van der Waals surface area contributed by atoms with Crippen molar-refractivity contribution in [3.8, 4) is 5.75 Å². The summed E-state index contributed by atoms with van der Waals surface area (Å²) in [7, 11) is 0.107. The quantitative estimate of drug-likeness (QED) is 0.550. The van der Waals surface area contributed by atoms with E-state index in [2.05, 4.69) is 29.1 Å². The Morgan fingerprint density at radius 1 is 1.31 bits per heavy atom. The van der Waals surface area contributed by atoms with Crippen LogP contribution in [0.5, 0.6) is 5.75 Å². The van der Waals surface area contributed by atoms with Gasteiger partial charge in [-0.25, -0.2) is 9.37 Å². The third kappa shape index (κ3) is 6.51. The Kier molecular flexibility index (Phi) is 7.86. The highest BCUT2D eigenvalue weighted by Crippen LogP contribution is 2.38. The van der Waals surface area contributed by atoms with Crippen molar-refractivity contribution in [3.05, 3.63) is 59.2 Å². The number of benzene rings is 2. The van der Waals surface area contributed by atoms with Gasteiger partial charge in [-0.3, -0.25) is 4.55 Å². The summed E-state index contributed by atoms with van der Waals surface area (Å²) in [4.78, 5) is 6.51. The van der Waals surface area contributed by atoms with Crippen molar-refractivity contribution in [2.24, 2.45) is 0 Å². The van der Waals surface area contributed by atoms with Gasteiger partial charge in [0, 0.05) is 18.7 Å². The lowest BCUT2D eigenvalue weighted by molar-refractivity contribution is 0.295. The summed E-state index contributed by atoms with van der Waals surface area (Å²) in [6.45, 7) is 1.77. The van der Waals surface area contributed by atoms with Gasteiger partial charge in [0.2, 0.25) is 0 Å². The number of likely N-dealkylation sites (N-methyl/N-ethyl adjacent to an activating group) is 1. The molecule has 1 N–H and O–H groups in total. The van der Waals surface area contributed by atoms with E-state index in [9.17, 15) is 12.8 Å². The van der Waals surface area contributed by atoms with Crippen LogP contribution < -0.4 is 4.74 Å². The molecule has 32 heavy (non-hydrogen) atoms. The highest BCUT2D eigenvalue weighted by atomic mass is 32.2. The van der Waals surface area contributed by atoms with Crippen LogP contribution in [0, 0.1) is 5.82 Å². The second-order valence-electron chi connectivity index (χ2n) is 8.13. The number of methoxy groups -OCH3 is 1. The van der Waals surface area contributed by atoms with Gasteiger partial charge < -0.3 is 14.1 Å². The van der Waals surface area contributed by atoms with E-state index in [4.69, 9.17) is 13.7 Å². The molecule has 7 nitrogen and oxygen atoms in total. The van der Waals surface area contributed by atoms with Crippen molar-refractivity contribution < 1.29 is 26.5 Å². The van der Waals surface area contributed by atoms with Crippen LogP contribution in [0.3, 0.4) is 0 Å². The molecular formula is C23H29FN2O5S. The Labute approximate surface area is 188 Å². The normalized spacial score (nSPS) is 15.9. The minimum absolute atomic E-state index is 0.0969. The number of rotatable bonds is 6. The zero-order valence-corrected chi connectivity index (χ0v) is 19.4. The highest BCUT2D eigenvalue weighted by Gasteiger charge is 2.27. The van der Waals surface area contributed by atoms with E-state index in [-0.39, 0.29) is 11.7 Å². The third-order valence-corrected chi connectivity index (χ3v) is 5.58. The predicted octanol–water partition coefficient (Wildman–Crippen LogP) is 4.07. The molecule has 1 heterocycles. The largest absolute Gasteiger partial charge is 0.496 e. The first-order chi connectivity index (χ1) is 15.2. The van der Waals surface area contributed by atoms with E-state index in [1.165, 1.54) is 12.0 Å². The maximum atomic E-state index is 14.6. The van der Waals surface area contributed by atoms with E-state index in [0.29, 0.717) is 6.26 Å². The molecule has 9 heteroatoms. The Balaban J connectivity index is 0.000000523. The number of fused-ring (bicyclic) bond motifs is 2. The fourth-order valence-electron chi connectivity index (χ4n) is 4.21. The average molecular weight is 465 g/mol. The molecule has 2 aromatic carbocycles. The fraction of sp³-hybridized carbons (Fsp3) is 0.435. The van der Waals surface area contributed by atoms with Crippen molar-refractivity contribution in [3.63, 3.8) is 0 Å². The van der Waals surface area contributed by atoms with Crippen molar-refractivity contribution in [1.29, 1.82) is 0 Å². The highest BCUT2D eigenvalue weighted by molar-refractivity contribution is 7.85. The molecule has 0 aliphatic heterocycles. The number of aromatic nitrogens is 1. The van der Waals surface area contributed by atoms with Gasteiger partial charge in [-0.1, -0.05) is 6.07 Å². The van der Waals surface area contributed by atoms with Crippen molar-refractivity contribution in [2.45, 2.75) is 31.6 Å². The first-order valence-electron chi connectivity index (χ1n) is 10.4. The minimum atomic E-state index is -3.67. The summed E-state index contributed by atoms with van der Waals surface area (Å²) >= 11 is 0. The molecule has 0 amide bonds. The molecule has 0 spiro atoms. The first-order valence-corrected chi connectivity index (χ1v) is 12.3. The Morgan fingerprint density at radius 2 is 2.06 bits per heavy atom. The van der Waals surface area contributed by atoms with Gasteiger partial charge in [-0.2, -0.15) is 8.42 Å². The fourth-order valence-corrected chi connectivity index (χ4v) is 4.21. The van der Waals surface area contributed by atoms with E-state index >= 15 is 0 Å². The van der Waals surface area contributed by atoms with Crippen molar-refractivity contribution in [2.75, 3.05) is 33.5 Å². The minimum Gasteiger partial charge on any atom is -0.496 e. The lowest BCUT2D eigenvalue weighted by Gasteiger charge is -2.30. The maximum absolute atomic E-state index is 14.6. The van der Waals surface area contributed by atoms with Crippen molar-refractivity contribution >= 4 is 21.2 Å². The van der Waals surface area contributed by atoms with Gasteiger partial charge in [0.25, 0.3) is 10.1 Å². The topological polar surface area (TPSA) is 92.9 Å². The summed E-state index contributed by atoms with van der Waals surface area (Å²) < 4.78 is 51.2. The van der Waals surface area contributed by atoms with E-state index < -0.39 is 10.1 Å². The zero-order valence-electron chi connectivity index (χ0n) is 18.5. The number of halogens is 1. The average Bonchev–Trinajstić information content (AvgIpc) is 3.19. The summed E-state index contributed by atoms with van der Waals surface area (Å²) in [6, 6.07) is 9.43. The molecule has 0 saturated heterocycles. The molecule has 1 aliphatic rings. The molecule has 0 unspecified atom stereocenters. The first kappa shape index (κ1) is 24.2. The van der Waals surface area contributed by atoms with Crippen LogP contribution in [0.1, 0.15) is 35.4 Å². The zero-order chi connectivity index (χ0) is 23.3. The molecule has 4 rings (SSSR count). The van der Waals surface area contributed by atoms with Crippen LogP contribution in [0.25, 0.3) is 11.1 Å². The lowest BCUT2D eigenvalue weighted by Crippen LogP contribution is -2.29. The van der Waals surface area contributed by atoms with Crippen LogP contribution in [0.15, 0.2) is 41.1 Å². The number of nitrogens with zero attached hydrogens (tertiary/aromatic N) is 2. The molecule has 0 saturated carbocycles. The van der Waals surface area contributed by atoms with E-state index in [0.717, 1.165) is 66.7 Å². The van der Waals surface area contributed by atoms with Crippen LogP contribution in [0.4, 0.5) is 4.39 Å². The van der Waals surface area contributed by atoms with Gasteiger partial charge in [0.1, 0.15) is 17.1 Å². The second kappa shape index (κ2) is 10.4. The Hall–Kier alpha value is -2.49. The molecule has 1 atom stereocenters. The number of hydrogen-bond acceptors (Lipinski definition) is 6. The van der Waals surface area contributed by atoms with Gasteiger partial charge in [-0.15, -0.1) is 0 Å². The van der Waals surface area contributed by atoms with Gasteiger partial charge in [0.15, 0.2) is 12.0 Å². The molecule has 3 aromatic rings. The SMILES string of the molecule is COc1ccc(F)c2c1CCC[C@H]2CN(C)CCc1ccc2ocnc2c1.CS(=O)(=O)O. The van der Waals surface area contributed by atoms with Gasteiger partial charge in [-0.05, 0) is 74.0 Å². The monoisotopic (exact) mass is 464 g/mol. The number of ether oxygens (including phenoxy) is 1. The maximum Gasteiger partial charge on any atom is 0.261 e. The van der Waals surface area contributed by atoms with E-state index in [1.807, 2.05) is 6.07 Å². The van der Waals surface area contributed by atoms with Crippen LogP contribution in [-0.4, -0.2) is 56.4 Å². The lowest BCUT2D eigenvalue weighted by atomic mass is 9.81. The summed E-state index contributed by atoms with van der Waals surface area (Å²) in [5.41, 5.74) is 4.86. The summed E-state index contributed by atoms with van der Waals surface area (Å²) in [5.74, 6) is 0.937. The Morgan fingerprint density at radius 3 is 2.78 bits per heavy atom. The molecule has 0 bridgehead atoms.